The van der Waals surface area contributed by atoms with E-state index >= 15 is 0 Å². The molecule has 2 atom stereocenters. The van der Waals surface area contributed by atoms with E-state index in [9.17, 15) is 5.11 Å². The van der Waals surface area contributed by atoms with Crippen LogP contribution in [0, 0.1) is 0 Å². The molecule has 17 heavy (non-hydrogen) atoms. The summed E-state index contributed by atoms with van der Waals surface area (Å²) in [4.78, 5) is 6.48. The van der Waals surface area contributed by atoms with E-state index in [2.05, 4.69) is 28.2 Å². The highest BCUT2D eigenvalue weighted by Crippen LogP contribution is 2.11. The molecule has 0 amide bonds. The standard InChI is InChI=1S/C13H21N3O/c1-11-4-6-16(13(10-17)8-15-11)9-12-3-2-5-14-7-12/h2-3,5,7,11,13,15,17H,4,6,8-10H2,1H3. The van der Waals surface area contributed by atoms with Crippen molar-refractivity contribution in [2.75, 3.05) is 19.7 Å². The molecular weight excluding hydrogens is 214 g/mol. The molecule has 2 N–H and O–H groups in total. The van der Waals surface area contributed by atoms with Crippen LogP contribution in [0.3, 0.4) is 0 Å². The third-order valence-corrected chi connectivity index (χ3v) is 3.39. The predicted molar refractivity (Wildman–Crippen MR) is 67.6 cm³/mol. The highest BCUT2D eigenvalue weighted by atomic mass is 16.3. The van der Waals surface area contributed by atoms with E-state index in [0.717, 1.165) is 26.1 Å². The summed E-state index contributed by atoms with van der Waals surface area (Å²) in [6.45, 7) is 5.15. The van der Waals surface area contributed by atoms with Crippen LogP contribution in [0.25, 0.3) is 0 Å². The van der Waals surface area contributed by atoms with Crippen molar-refractivity contribution >= 4 is 0 Å². The van der Waals surface area contributed by atoms with E-state index in [4.69, 9.17) is 0 Å². The lowest BCUT2D eigenvalue weighted by Gasteiger charge is -2.27. The third-order valence-electron chi connectivity index (χ3n) is 3.39. The fraction of sp³-hybridized carbons (Fsp3) is 0.615. The van der Waals surface area contributed by atoms with Crippen molar-refractivity contribution in [2.24, 2.45) is 0 Å². The summed E-state index contributed by atoms with van der Waals surface area (Å²) in [6, 6.07) is 4.79. The molecule has 2 rings (SSSR count). The van der Waals surface area contributed by atoms with Crippen LogP contribution in [0.4, 0.5) is 0 Å². The lowest BCUT2D eigenvalue weighted by molar-refractivity contribution is 0.126. The second-order valence-electron chi connectivity index (χ2n) is 4.77. The number of aliphatic hydroxyl groups is 1. The van der Waals surface area contributed by atoms with Gasteiger partial charge in [0, 0.05) is 44.1 Å². The second kappa shape index (κ2) is 6.10. The van der Waals surface area contributed by atoms with Gasteiger partial charge in [0.15, 0.2) is 0 Å². The number of pyridine rings is 1. The van der Waals surface area contributed by atoms with Crippen LogP contribution in [0.15, 0.2) is 24.5 Å². The van der Waals surface area contributed by atoms with Crippen LogP contribution in [0.1, 0.15) is 18.9 Å². The Hall–Kier alpha value is -0.970. The molecule has 1 saturated heterocycles. The molecule has 4 nitrogen and oxygen atoms in total. The highest BCUT2D eigenvalue weighted by molar-refractivity contribution is 5.08. The first kappa shape index (κ1) is 12.5. The quantitative estimate of drug-likeness (QED) is 0.806. The average molecular weight is 235 g/mol. The summed E-state index contributed by atoms with van der Waals surface area (Å²) in [7, 11) is 0. The van der Waals surface area contributed by atoms with E-state index in [-0.39, 0.29) is 12.6 Å². The molecule has 1 fully saturated rings. The lowest BCUT2D eigenvalue weighted by atomic mass is 10.2. The van der Waals surface area contributed by atoms with Gasteiger partial charge in [0.1, 0.15) is 0 Å². The molecule has 0 aliphatic carbocycles. The number of aliphatic hydroxyl groups excluding tert-OH is 1. The van der Waals surface area contributed by atoms with E-state index in [1.54, 1.807) is 6.20 Å². The maximum Gasteiger partial charge on any atom is 0.0599 e. The Morgan fingerprint density at radius 3 is 3.18 bits per heavy atom. The Morgan fingerprint density at radius 2 is 2.47 bits per heavy atom. The molecule has 0 bridgehead atoms. The van der Waals surface area contributed by atoms with Crippen molar-refractivity contribution in [3.05, 3.63) is 30.1 Å². The van der Waals surface area contributed by atoms with Crippen molar-refractivity contribution in [1.82, 2.24) is 15.2 Å². The predicted octanol–water partition coefficient (Wildman–Crippen LogP) is 0.626. The lowest BCUT2D eigenvalue weighted by Crippen LogP contribution is -2.42. The van der Waals surface area contributed by atoms with Gasteiger partial charge in [-0.05, 0) is 25.0 Å². The number of nitrogens with one attached hydrogen (secondary N) is 1. The zero-order valence-electron chi connectivity index (χ0n) is 10.3. The van der Waals surface area contributed by atoms with Crippen LogP contribution in [0.2, 0.25) is 0 Å². The van der Waals surface area contributed by atoms with Crippen molar-refractivity contribution in [3.63, 3.8) is 0 Å². The van der Waals surface area contributed by atoms with Gasteiger partial charge >= 0.3 is 0 Å². The third kappa shape index (κ3) is 3.49. The fourth-order valence-corrected chi connectivity index (χ4v) is 2.22. The van der Waals surface area contributed by atoms with Crippen LogP contribution >= 0.6 is 0 Å². The molecule has 1 aliphatic rings. The molecule has 2 unspecified atom stereocenters. The summed E-state index contributed by atoms with van der Waals surface area (Å²) in [5.41, 5.74) is 1.21. The van der Waals surface area contributed by atoms with Crippen LogP contribution in [-0.2, 0) is 6.54 Å². The first-order valence-electron chi connectivity index (χ1n) is 6.27. The monoisotopic (exact) mass is 235 g/mol. The minimum Gasteiger partial charge on any atom is -0.395 e. The Kier molecular flexibility index (Phi) is 4.48. The SMILES string of the molecule is CC1CCN(Cc2cccnc2)C(CO)CN1. The zero-order chi connectivity index (χ0) is 12.1. The number of nitrogens with zero attached hydrogens (tertiary/aromatic N) is 2. The Bertz CT molecular complexity index is 331. The fourth-order valence-electron chi connectivity index (χ4n) is 2.22. The topological polar surface area (TPSA) is 48.4 Å². The van der Waals surface area contributed by atoms with Crippen molar-refractivity contribution in [2.45, 2.75) is 32.0 Å². The molecule has 94 valence electrons. The Labute approximate surface area is 103 Å². The molecule has 0 spiro atoms. The minimum absolute atomic E-state index is 0.208. The van der Waals surface area contributed by atoms with Gasteiger partial charge < -0.3 is 10.4 Å². The summed E-state index contributed by atoms with van der Waals surface area (Å²) in [5.74, 6) is 0. The van der Waals surface area contributed by atoms with Crippen LogP contribution in [-0.4, -0.2) is 46.8 Å². The molecular formula is C13H21N3O. The molecule has 2 heterocycles. The molecule has 1 aliphatic heterocycles. The molecule has 1 aromatic rings. The summed E-state index contributed by atoms with van der Waals surface area (Å²) in [5, 5.41) is 12.9. The van der Waals surface area contributed by atoms with E-state index < -0.39 is 0 Å². The summed E-state index contributed by atoms with van der Waals surface area (Å²) < 4.78 is 0. The first-order chi connectivity index (χ1) is 8.29. The largest absolute Gasteiger partial charge is 0.395 e. The van der Waals surface area contributed by atoms with Gasteiger partial charge in [-0.2, -0.15) is 0 Å². The van der Waals surface area contributed by atoms with Gasteiger partial charge in [-0.15, -0.1) is 0 Å². The second-order valence-corrected chi connectivity index (χ2v) is 4.77. The van der Waals surface area contributed by atoms with Crippen molar-refractivity contribution < 1.29 is 5.11 Å². The number of rotatable bonds is 3. The number of hydrogen-bond donors (Lipinski definition) is 2. The molecule has 0 saturated carbocycles. The maximum atomic E-state index is 9.45. The van der Waals surface area contributed by atoms with Crippen molar-refractivity contribution in [3.8, 4) is 0 Å². The average Bonchev–Trinajstić information content (AvgIpc) is 2.53. The number of hydrogen-bond acceptors (Lipinski definition) is 4. The van der Waals surface area contributed by atoms with Crippen molar-refractivity contribution in [1.29, 1.82) is 0 Å². The van der Waals surface area contributed by atoms with Crippen LogP contribution < -0.4 is 5.32 Å². The number of aromatic nitrogens is 1. The summed E-state index contributed by atoms with van der Waals surface area (Å²) in [6.07, 6.45) is 4.81. The van der Waals surface area contributed by atoms with Gasteiger partial charge in [-0.3, -0.25) is 9.88 Å². The van der Waals surface area contributed by atoms with Gasteiger partial charge in [-0.25, -0.2) is 0 Å². The zero-order valence-corrected chi connectivity index (χ0v) is 10.3. The maximum absolute atomic E-state index is 9.45. The van der Waals surface area contributed by atoms with E-state index in [1.165, 1.54) is 5.56 Å². The van der Waals surface area contributed by atoms with Crippen LogP contribution in [0.5, 0.6) is 0 Å². The van der Waals surface area contributed by atoms with E-state index in [0.29, 0.717) is 6.04 Å². The molecule has 1 aromatic heterocycles. The Balaban J connectivity index is 2.01. The minimum atomic E-state index is 0.208. The smallest absolute Gasteiger partial charge is 0.0599 e. The summed E-state index contributed by atoms with van der Waals surface area (Å²) >= 11 is 0. The van der Waals surface area contributed by atoms with Gasteiger partial charge in [0.2, 0.25) is 0 Å². The van der Waals surface area contributed by atoms with Gasteiger partial charge in [0.05, 0.1) is 6.61 Å². The Morgan fingerprint density at radius 1 is 1.59 bits per heavy atom. The molecule has 0 radical (unpaired) electrons. The molecule has 4 heteroatoms. The normalized spacial score (nSPS) is 26.7. The van der Waals surface area contributed by atoms with Gasteiger partial charge in [-0.1, -0.05) is 6.07 Å². The van der Waals surface area contributed by atoms with E-state index in [1.807, 2.05) is 12.3 Å². The van der Waals surface area contributed by atoms with Gasteiger partial charge in [0.25, 0.3) is 0 Å². The first-order valence-corrected chi connectivity index (χ1v) is 6.27. The highest BCUT2D eigenvalue weighted by Gasteiger charge is 2.22. The molecule has 0 aromatic carbocycles.